The van der Waals surface area contributed by atoms with Crippen LogP contribution in [0.2, 0.25) is 0 Å². The predicted molar refractivity (Wildman–Crippen MR) is 158 cm³/mol. The molecule has 18 heteroatoms. The van der Waals surface area contributed by atoms with Gasteiger partial charge in [0, 0.05) is 30.8 Å². The minimum Gasteiger partial charge on any atom is -0.392 e. The number of urea groups is 1. The Labute approximate surface area is 259 Å². The summed E-state index contributed by atoms with van der Waals surface area (Å²) in [6.07, 6.45) is 2.35. The van der Waals surface area contributed by atoms with Crippen LogP contribution in [-0.4, -0.2) is 96.9 Å². The van der Waals surface area contributed by atoms with Gasteiger partial charge in [0.2, 0.25) is 17.7 Å². The number of aliphatic hydroxyl groups excluding tert-OH is 1. The van der Waals surface area contributed by atoms with E-state index in [1.165, 1.54) is 12.1 Å². The standard InChI is InChI=1S/C27H38N6O11S/c1-16(2)24(32-21(35)9-12-44-13-11-33-22(36)7-8-23(33)37)26(39)31-19(4-3-10-29-27(28)40)25(38)30-18-6-5-17(15-34)20(14-18)45(41,42)43/h5-8,14,16,19,24,34H,3-4,9-13,15H2,1-2H3,(H,30,38)(H,31,39)(H,32,35)(H3,28,29,40)(H,41,42,43)/t19-,24-/m0/s1. The van der Waals surface area contributed by atoms with Gasteiger partial charge in [0.25, 0.3) is 21.9 Å². The maximum Gasteiger partial charge on any atom is 0.312 e. The number of ether oxygens (including phenoxy) is 1. The third-order valence-electron chi connectivity index (χ3n) is 6.48. The van der Waals surface area contributed by atoms with E-state index in [4.69, 9.17) is 10.5 Å². The largest absolute Gasteiger partial charge is 0.392 e. The smallest absolute Gasteiger partial charge is 0.312 e. The molecule has 0 spiro atoms. The minimum atomic E-state index is -4.73. The Bertz CT molecular complexity index is 1400. The van der Waals surface area contributed by atoms with Gasteiger partial charge >= 0.3 is 6.03 Å². The van der Waals surface area contributed by atoms with Gasteiger partial charge in [-0.25, -0.2) is 4.79 Å². The zero-order valence-electron chi connectivity index (χ0n) is 24.8. The van der Waals surface area contributed by atoms with Gasteiger partial charge in [-0.15, -0.1) is 0 Å². The Kier molecular flexibility index (Phi) is 14.1. The number of carbonyl (C=O) groups excluding carboxylic acids is 6. The molecule has 0 radical (unpaired) electrons. The number of primary amides is 1. The zero-order valence-corrected chi connectivity index (χ0v) is 25.6. The van der Waals surface area contributed by atoms with Crippen molar-refractivity contribution in [1.29, 1.82) is 0 Å². The molecule has 1 aliphatic heterocycles. The highest BCUT2D eigenvalue weighted by Gasteiger charge is 2.29. The first-order valence-electron chi connectivity index (χ1n) is 13.9. The van der Waals surface area contributed by atoms with E-state index in [-0.39, 0.29) is 56.8 Å². The molecule has 0 saturated heterocycles. The molecule has 1 aliphatic rings. The molecule has 0 bridgehead atoms. The van der Waals surface area contributed by atoms with E-state index in [2.05, 4.69) is 21.3 Å². The van der Waals surface area contributed by atoms with Crippen LogP contribution in [-0.2, 0) is 45.4 Å². The quantitative estimate of drug-likeness (QED) is 0.0560. The summed E-state index contributed by atoms with van der Waals surface area (Å²) < 4.78 is 38.3. The fourth-order valence-corrected chi connectivity index (χ4v) is 4.88. The van der Waals surface area contributed by atoms with Crippen molar-refractivity contribution in [2.75, 3.05) is 31.6 Å². The first-order chi connectivity index (χ1) is 21.1. The number of anilines is 1. The number of hydrogen-bond donors (Lipinski definition) is 7. The molecule has 2 atom stereocenters. The number of rotatable bonds is 18. The molecule has 2 rings (SSSR count). The number of benzene rings is 1. The van der Waals surface area contributed by atoms with E-state index in [9.17, 15) is 46.8 Å². The molecule has 1 heterocycles. The fraction of sp³-hybridized carbons (Fsp3) is 0.481. The van der Waals surface area contributed by atoms with E-state index >= 15 is 0 Å². The van der Waals surface area contributed by atoms with Gasteiger partial charge in [-0.1, -0.05) is 19.9 Å². The molecule has 0 saturated carbocycles. The zero-order chi connectivity index (χ0) is 33.7. The van der Waals surface area contributed by atoms with Crippen molar-refractivity contribution in [3.8, 4) is 0 Å². The van der Waals surface area contributed by atoms with Crippen LogP contribution in [0.5, 0.6) is 0 Å². The average Bonchev–Trinajstić information content (AvgIpc) is 3.28. The lowest BCUT2D eigenvalue weighted by Gasteiger charge is -2.25. The van der Waals surface area contributed by atoms with Crippen molar-refractivity contribution in [2.24, 2.45) is 11.7 Å². The molecule has 1 aromatic carbocycles. The van der Waals surface area contributed by atoms with Crippen LogP contribution < -0.4 is 27.0 Å². The van der Waals surface area contributed by atoms with Gasteiger partial charge < -0.3 is 36.8 Å². The molecule has 0 aliphatic carbocycles. The number of amides is 7. The van der Waals surface area contributed by atoms with Crippen LogP contribution >= 0.6 is 0 Å². The van der Waals surface area contributed by atoms with Crippen LogP contribution in [0.1, 0.15) is 38.7 Å². The molecule has 0 aromatic heterocycles. The number of carbonyl (C=O) groups is 6. The number of aliphatic hydroxyl groups is 1. The summed E-state index contributed by atoms with van der Waals surface area (Å²) in [7, 11) is -4.73. The molecular weight excluding hydrogens is 616 g/mol. The van der Waals surface area contributed by atoms with Crippen molar-refractivity contribution >= 4 is 51.4 Å². The monoisotopic (exact) mass is 654 g/mol. The molecule has 0 unspecified atom stereocenters. The Morgan fingerprint density at radius 2 is 1.69 bits per heavy atom. The summed E-state index contributed by atoms with van der Waals surface area (Å²) >= 11 is 0. The van der Waals surface area contributed by atoms with Crippen molar-refractivity contribution in [3.05, 3.63) is 35.9 Å². The van der Waals surface area contributed by atoms with Gasteiger partial charge in [-0.3, -0.25) is 33.4 Å². The van der Waals surface area contributed by atoms with E-state index in [1.54, 1.807) is 13.8 Å². The van der Waals surface area contributed by atoms with Gasteiger partial charge in [-0.2, -0.15) is 8.42 Å². The third-order valence-corrected chi connectivity index (χ3v) is 7.42. The Morgan fingerprint density at radius 3 is 2.27 bits per heavy atom. The lowest BCUT2D eigenvalue weighted by atomic mass is 10.0. The summed E-state index contributed by atoms with van der Waals surface area (Å²) in [5.74, 6) is -3.33. The average molecular weight is 655 g/mol. The van der Waals surface area contributed by atoms with Crippen LogP contribution in [0.3, 0.4) is 0 Å². The second kappa shape index (κ2) is 17.2. The number of hydrogen-bond acceptors (Lipinski definition) is 10. The first-order valence-corrected chi connectivity index (χ1v) is 15.3. The number of nitrogens with two attached hydrogens (primary N) is 1. The topological polar surface area (TPSA) is 264 Å². The SMILES string of the molecule is CC(C)[C@H](NC(=O)CCOCCN1C(=O)C=CC1=O)C(=O)N[C@@H](CCCNC(N)=O)C(=O)Nc1ccc(CO)c(S(=O)(=O)O)c1. The Balaban J connectivity index is 2.04. The summed E-state index contributed by atoms with van der Waals surface area (Å²) in [5.41, 5.74) is 4.91. The third kappa shape index (κ3) is 11.9. The number of nitrogens with zero attached hydrogens (tertiary/aromatic N) is 1. The van der Waals surface area contributed by atoms with E-state index in [0.29, 0.717) is 0 Å². The Hall–Kier alpha value is -4.39. The molecule has 45 heavy (non-hydrogen) atoms. The van der Waals surface area contributed by atoms with E-state index in [0.717, 1.165) is 23.1 Å². The molecule has 7 amide bonds. The molecule has 8 N–H and O–H groups in total. The highest BCUT2D eigenvalue weighted by molar-refractivity contribution is 7.85. The van der Waals surface area contributed by atoms with Crippen molar-refractivity contribution in [2.45, 2.75) is 56.7 Å². The normalized spacial score (nSPS) is 14.3. The van der Waals surface area contributed by atoms with Crippen LogP contribution in [0.15, 0.2) is 35.2 Å². The molecule has 0 fully saturated rings. The molecule has 248 valence electrons. The van der Waals surface area contributed by atoms with Crippen LogP contribution in [0.25, 0.3) is 0 Å². The summed E-state index contributed by atoms with van der Waals surface area (Å²) in [6, 6.07) is 0.359. The highest BCUT2D eigenvalue weighted by atomic mass is 32.2. The lowest BCUT2D eigenvalue weighted by Crippen LogP contribution is -2.54. The summed E-state index contributed by atoms with van der Waals surface area (Å²) in [4.78, 5) is 73.5. The second-order valence-electron chi connectivity index (χ2n) is 10.3. The first kappa shape index (κ1) is 36.8. The molecular formula is C27H38N6O11S. The van der Waals surface area contributed by atoms with Crippen molar-refractivity contribution in [1.82, 2.24) is 20.9 Å². The highest BCUT2D eigenvalue weighted by Crippen LogP contribution is 2.21. The minimum absolute atomic E-state index is 0.00186. The van der Waals surface area contributed by atoms with E-state index < -0.39 is 75.2 Å². The van der Waals surface area contributed by atoms with Crippen LogP contribution in [0, 0.1) is 5.92 Å². The fourth-order valence-electron chi connectivity index (χ4n) is 4.14. The van der Waals surface area contributed by atoms with Crippen molar-refractivity contribution < 1.29 is 51.6 Å². The second-order valence-corrected chi connectivity index (χ2v) is 11.6. The summed E-state index contributed by atoms with van der Waals surface area (Å²) in [5, 5.41) is 19.4. The van der Waals surface area contributed by atoms with Crippen LogP contribution in [0.4, 0.5) is 10.5 Å². The number of imide groups is 1. The summed E-state index contributed by atoms with van der Waals surface area (Å²) in [6.45, 7) is 2.70. The van der Waals surface area contributed by atoms with Gasteiger partial charge in [0.15, 0.2) is 0 Å². The predicted octanol–water partition coefficient (Wildman–Crippen LogP) is -1.23. The maximum absolute atomic E-state index is 13.2. The molecule has 17 nitrogen and oxygen atoms in total. The Morgan fingerprint density at radius 1 is 1.02 bits per heavy atom. The van der Waals surface area contributed by atoms with Gasteiger partial charge in [-0.05, 0) is 36.5 Å². The number of nitrogens with one attached hydrogen (secondary N) is 4. The maximum atomic E-state index is 13.2. The van der Waals surface area contributed by atoms with Gasteiger partial charge in [0.05, 0.1) is 26.4 Å². The van der Waals surface area contributed by atoms with Gasteiger partial charge in [0.1, 0.15) is 17.0 Å². The molecule has 1 aromatic rings. The lowest BCUT2D eigenvalue weighted by molar-refractivity contribution is -0.138. The van der Waals surface area contributed by atoms with Crippen molar-refractivity contribution in [3.63, 3.8) is 0 Å². The van der Waals surface area contributed by atoms with E-state index in [1.807, 2.05) is 0 Å².